The molecule has 1 unspecified atom stereocenters. The summed E-state index contributed by atoms with van der Waals surface area (Å²) in [5, 5.41) is 0.633. The summed E-state index contributed by atoms with van der Waals surface area (Å²) in [7, 11) is 0. The second-order valence-electron chi connectivity index (χ2n) is 5.40. The Morgan fingerprint density at radius 1 is 1.39 bits per heavy atom. The van der Waals surface area contributed by atoms with Crippen molar-refractivity contribution in [3.8, 4) is 0 Å². The molecule has 0 spiro atoms. The van der Waals surface area contributed by atoms with Crippen LogP contribution in [0, 0.1) is 0 Å². The molecule has 18 heavy (non-hydrogen) atoms. The van der Waals surface area contributed by atoms with Crippen LogP contribution in [0.25, 0.3) is 11.0 Å². The Kier molecular flexibility index (Phi) is 2.83. The number of nitrogens with zero attached hydrogens (tertiary/aromatic N) is 2. The summed E-state index contributed by atoms with van der Waals surface area (Å²) >= 11 is 12.3. The van der Waals surface area contributed by atoms with E-state index in [2.05, 4.69) is 22.5 Å². The monoisotopic (exact) mass is 282 g/mol. The standard InChI is InChI=1S/C14H16Cl2N2/c1-9(15)13-17-11-8-10(16)4-5-12(11)18(13)14(2)6-3-7-14/h4-5,8-9H,3,6-7H2,1-2H3. The topological polar surface area (TPSA) is 17.8 Å². The summed E-state index contributed by atoms with van der Waals surface area (Å²) in [5.41, 5.74) is 2.25. The zero-order valence-electron chi connectivity index (χ0n) is 10.6. The van der Waals surface area contributed by atoms with Gasteiger partial charge in [0.15, 0.2) is 0 Å². The van der Waals surface area contributed by atoms with Crippen LogP contribution in [-0.4, -0.2) is 9.55 Å². The van der Waals surface area contributed by atoms with Gasteiger partial charge in [-0.05, 0) is 51.3 Å². The number of imidazole rings is 1. The van der Waals surface area contributed by atoms with E-state index >= 15 is 0 Å². The lowest BCUT2D eigenvalue weighted by molar-refractivity contribution is 0.169. The van der Waals surface area contributed by atoms with Crippen LogP contribution in [-0.2, 0) is 5.54 Å². The van der Waals surface area contributed by atoms with Crippen molar-refractivity contribution in [3.63, 3.8) is 0 Å². The summed E-state index contributed by atoms with van der Waals surface area (Å²) < 4.78 is 2.32. The molecule has 2 nitrogen and oxygen atoms in total. The molecule has 1 aliphatic rings. The highest BCUT2D eigenvalue weighted by Gasteiger charge is 2.37. The summed E-state index contributed by atoms with van der Waals surface area (Å²) in [6.45, 7) is 4.26. The van der Waals surface area contributed by atoms with Crippen LogP contribution in [0.1, 0.15) is 44.3 Å². The predicted molar refractivity (Wildman–Crippen MR) is 76.5 cm³/mol. The van der Waals surface area contributed by atoms with Crippen LogP contribution in [0.4, 0.5) is 0 Å². The van der Waals surface area contributed by atoms with Crippen molar-refractivity contribution < 1.29 is 0 Å². The van der Waals surface area contributed by atoms with E-state index in [0.717, 1.165) is 21.9 Å². The molecule has 0 bridgehead atoms. The highest BCUT2D eigenvalue weighted by molar-refractivity contribution is 6.31. The smallest absolute Gasteiger partial charge is 0.128 e. The average molecular weight is 283 g/mol. The molecule has 1 aromatic carbocycles. The van der Waals surface area contributed by atoms with Gasteiger partial charge in [0, 0.05) is 10.6 Å². The summed E-state index contributed by atoms with van der Waals surface area (Å²) in [6, 6.07) is 5.89. The molecule has 0 radical (unpaired) electrons. The van der Waals surface area contributed by atoms with Crippen LogP contribution in [0.2, 0.25) is 5.02 Å². The lowest BCUT2D eigenvalue weighted by Crippen LogP contribution is -2.38. The Morgan fingerprint density at radius 3 is 2.67 bits per heavy atom. The third-order valence-corrected chi connectivity index (χ3v) is 4.40. The molecule has 0 saturated heterocycles. The fourth-order valence-corrected chi connectivity index (χ4v) is 3.13. The van der Waals surface area contributed by atoms with E-state index in [-0.39, 0.29) is 10.9 Å². The van der Waals surface area contributed by atoms with Crippen molar-refractivity contribution in [2.24, 2.45) is 0 Å². The Morgan fingerprint density at radius 2 is 2.11 bits per heavy atom. The largest absolute Gasteiger partial charge is 0.321 e. The minimum atomic E-state index is -0.0893. The van der Waals surface area contributed by atoms with Crippen molar-refractivity contribution in [1.29, 1.82) is 0 Å². The number of hydrogen-bond donors (Lipinski definition) is 0. The van der Waals surface area contributed by atoms with Gasteiger partial charge in [-0.15, -0.1) is 11.6 Å². The van der Waals surface area contributed by atoms with Gasteiger partial charge in [-0.25, -0.2) is 4.98 Å². The van der Waals surface area contributed by atoms with Gasteiger partial charge in [0.2, 0.25) is 0 Å². The van der Waals surface area contributed by atoms with Gasteiger partial charge in [0.05, 0.1) is 16.4 Å². The fraction of sp³-hybridized carbons (Fsp3) is 0.500. The molecule has 4 heteroatoms. The molecule has 96 valence electrons. The molecule has 1 fully saturated rings. The molecule has 1 heterocycles. The molecular formula is C14H16Cl2N2. The summed E-state index contributed by atoms with van der Waals surface area (Å²) in [6.07, 6.45) is 3.66. The molecule has 2 aromatic rings. The van der Waals surface area contributed by atoms with E-state index in [4.69, 9.17) is 23.2 Å². The molecule has 1 saturated carbocycles. The number of aromatic nitrogens is 2. The summed E-state index contributed by atoms with van der Waals surface area (Å²) in [4.78, 5) is 4.67. The van der Waals surface area contributed by atoms with Gasteiger partial charge in [-0.3, -0.25) is 0 Å². The molecule has 1 aliphatic carbocycles. The van der Waals surface area contributed by atoms with Gasteiger partial charge >= 0.3 is 0 Å². The second-order valence-corrected chi connectivity index (χ2v) is 6.50. The van der Waals surface area contributed by atoms with Crippen molar-refractivity contribution >= 4 is 34.2 Å². The SMILES string of the molecule is CC(Cl)c1nc2cc(Cl)ccc2n1C1(C)CCC1. The third-order valence-electron chi connectivity index (χ3n) is 3.97. The molecule has 3 rings (SSSR count). The number of benzene rings is 1. The number of fused-ring (bicyclic) bond motifs is 1. The Hall–Kier alpha value is -0.730. The van der Waals surface area contributed by atoms with Gasteiger partial charge in [0.1, 0.15) is 5.82 Å². The van der Waals surface area contributed by atoms with E-state index in [0.29, 0.717) is 0 Å². The molecular weight excluding hydrogens is 267 g/mol. The van der Waals surface area contributed by atoms with Crippen molar-refractivity contribution in [2.45, 2.75) is 44.0 Å². The number of rotatable bonds is 2. The quantitative estimate of drug-likeness (QED) is 0.717. The zero-order chi connectivity index (χ0) is 12.9. The minimum absolute atomic E-state index is 0.0893. The molecule has 0 N–H and O–H groups in total. The predicted octanol–water partition coefficient (Wildman–Crippen LogP) is 4.89. The van der Waals surface area contributed by atoms with Crippen molar-refractivity contribution in [1.82, 2.24) is 9.55 Å². The molecule has 1 aromatic heterocycles. The van der Waals surface area contributed by atoms with E-state index in [1.54, 1.807) is 0 Å². The van der Waals surface area contributed by atoms with Gasteiger partial charge in [-0.1, -0.05) is 11.6 Å². The van der Waals surface area contributed by atoms with Gasteiger partial charge in [-0.2, -0.15) is 0 Å². The van der Waals surface area contributed by atoms with Crippen LogP contribution >= 0.6 is 23.2 Å². The van der Waals surface area contributed by atoms with Gasteiger partial charge < -0.3 is 4.57 Å². The van der Waals surface area contributed by atoms with Crippen LogP contribution in [0.5, 0.6) is 0 Å². The lowest BCUT2D eigenvalue weighted by Gasteiger charge is -2.41. The Labute approximate surface area is 117 Å². The van der Waals surface area contributed by atoms with Gasteiger partial charge in [0.25, 0.3) is 0 Å². The number of hydrogen-bond acceptors (Lipinski definition) is 1. The maximum atomic E-state index is 6.29. The van der Waals surface area contributed by atoms with E-state index in [1.807, 2.05) is 19.1 Å². The van der Waals surface area contributed by atoms with Crippen LogP contribution < -0.4 is 0 Å². The first-order valence-electron chi connectivity index (χ1n) is 6.34. The molecule has 1 atom stereocenters. The highest BCUT2D eigenvalue weighted by Crippen LogP contribution is 2.43. The minimum Gasteiger partial charge on any atom is -0.321 e. The van der Waals surface area contributed by atoms with E-state index in [1.165, 1.54) is 19.3 Å². The van der Waals surface area contributed by atoms with Crippen LogP contribution in [0.15, 0.2) is 18.2 Å². The lowest BCUT2D eigenvalue weighted by atomic mass is 9.78. The maximum Gasteiger partial charge on any atom is 0.128 e. The van der Waals surface area contributed by atoms with E-state index < -0.39 is 0 Å². The first-order valence-corrected chi connectivity index (χ1v) is 7.15. The van der Waals surface area contributed by atoms with E-state index in [9.17, 15) is 0 Å². The summed E-state index contributed by atoms with van der Waals surface area (Å²) in [5.74, 6) is 0.955. The third kappa shape index (κ3) is 1.74. The second kappa shape index (κ2) is 4.14. The average Bonchev–Trinajstić information content (AvgIpc) is 2.64. The molecule has 0 aliphatic heterocycles. The highest BCUT2D eigenvalue weighted by atomic mass is 35.5. The number of alkyl halides is 1. The van der Waals surface area contributed by atoms with Crippen molar-refractivity contribution in [3.05, 3.63) is 29.0 Å². The van der Waals surface area contributed by atoms with Crippen LogP contribution in [0.3, 0.4) is 0 Å². The zero-order valence-corrected chi connectivity index (χ0v) is 12.1. The molecule has 0 amide bonds. The fourth-order valence-electron chi connectivity index (χ4n) is 2.82. The normalized spacial score (nSPS) is 19.8. The first-order chi connectivity index (χ1) is 8.51. The first kappa shape index (κ1) is 12.3. The van der Waals surface area contributed by atoms with Crippen molar-refractivity contribution in [2.75, 3.05) is 0 Å². The Balaban J connectivity index is 2.28. The number of halogens is 2. The maximum absolute atomic E-state index is 6.29. The Bertz CT molecular complexity index is 597.